The first kappa shape index (κ1) is 58.8. The maximum Gasteiger partial charge on any atom is 0.305 e. The second-order valence-corrected chi connectivity index (χ2v) is 17.9. The van der Waals surface area contributed by atoms with Crippen LogP contribution in [0, 0.1) is 0 Å². The zero-order valence-corrected chi connectivity index (χ0v) is 40.4. The van der Waals surface area contributed by atoms with Gasteiger partial charge < -0.3 is 20.3 Å². The van der Waals surface area contributed by atoms with Crippen molar-refractivity contribution < 1.29 is 24.5 Å². The number of allylic oxidation sites excluding steroid dienone is 8. The second-order valence-electron chi connectivity index (χ2n) is 17.9. The number of aliphatic hydroxyl groups excluding tert-OH is 2. The molecule has 6 nitrogen and oxygen atoms in total. The molecule has 6 heteroatoms. The van der Waals surface area contributed by atoms with Gasteiger partial charge in [0.25, 0.3) is 0 Å². The highest BCUT2D eigenvalue weighted by atomic mass is 16.5. The summed E-state index contributed by atoms with van der Waals surface area (Å²) in [5, 5.41) is 23.2. The minimum Gasteiger partial charge on any atom is -0.466 e. The molecule has 0 aromatic carbocycles. The van der Waals surface area contributed by atoms with Crippen molar-refractivity contribution in [3.8, 4) is 0 Å². The molecular weight excluding hydrogens is 755 g/mol. The van der Waals surface area contributed by atoms with Crippen molar-refractivity contribution in [3.63, 3.8) is 0 Å². The summed E-state index contributed by atoms with van der Waals surface area (Å²) in [5.41, 5.74) is 0. The Morgan fingerprint density at radius 2 is 0.869 bits per heavy atom. The molecule has 61 heavy (non-hydrogen) atoms. The summed E-state index contributed by atoms with van der Waals surface area (Å²) in [5.74, 6) is -0.0953. The average Bonchev–Trinajstić information content (AvgIpc) is 3.26. The highest BCUT2D eigenvalue weighted by molar-refractivity contribution is 5.76. The first-order chi connectivity index (χ1) is 30.0. The Kier molecular flexibility index (Phi) is 48.7. The van der Waals surface area contributed by atoms with Gasteiger partial charge in [0.2, 0.25) is 5.91 Å². The molecule has 2 atom stereocenters. The number of hydrogen-bond donors (Lipinski definition) is 3. The van der Waals surface area contributed by atoms with Crippen LogP contribution in [0.1, 0.15) is 264 Å². The van der Waals surface area contributed by atoms with Crippen LogP contribution in [0.25, 0.3) is 0 Å². The molecule has 0 fully saturated rings. The van der Waals surface area contributed by atoms with Gasteiger partial charge in [-0.05, 0) is 89.9 Å². The largest absolute Gasteiger partial charge is 0.466 e. The quantitative estimate of drug-likeness (QED) is 0.0245. The monoisotopic (exact) mass is 856 g/mol. The lowest BCUT2D eigenvalue weighted by Crippen LogP contribution is -2.45. The summed E-state index contributed by atoms with van der Waals surface area (Å²) >= 11 is 0. The molecule has 0 spiro atoms. The van der Waals surface area contributed by atoms with Crippen molar-refractivity contribution in [2.75, 3.05) is 13.2 Å². The number of ether oxygens (including phenoxy) is 1. The van der Waals surface area contributed by atoms with E-state index < -0.39 is 12.1 Å². The van der Waals surface area contributed by atoms with Gasteiger partial charge in [0.15, 0.2) is 0 Å². The molecule has 0 radical (unpaired) electrons. The number of carbonyl (C=O) groups excluding carboxylic acids is 2. The number of carbonyl (C=O) groups is 2. The van der Waals surface area contributed by atoms with Crippen LogP contribution in [-0.4, -0.2) is 47.4 Å². The van der Waals surface area contributed by atoms with Crippen molar-refractivity contribution in [2.24, 2.45) is 0 Å². The third kappa shape index (κ3) is 47.1. The minimum atomic E-state index is -0.679. The lowest BCUT2D eigenvalue weighted by Gasteiger charge is -2.22. The number of nitrogens with one attached hydrogen (secondary N) is 1. The summed E-state index contributed by atoms with van der Waals surface area (Å²) in [4.78, 5) is 24.5. The first-order valence-corrected chi connectivity index (χ1v) is 26.4. The van der Waals surface area contributed by atoms with Crippen molar-refractivity contribution in [1.29, 1.82) is 0 Å². The molecule has 1 amide bonds. The van der Waals surface area contributed by atoms with E-state index in [-0.39, 0.29) is 18.5 Å². The van der Waals surface area contributed by atoms with E-state index in [4.69, 9.17) is 4.74 Å². The highest BCUT2D eigenvalue weighted by Crippen LogP contribution is 2.15. The molecule has 0 saturated carbocycles. The lowest BCUT2D eigenvalue weighted by atomic mass is 10.0. The van der Waals surface area contributed by atoms with Gasteiger partial charge in [-0.3, -0.25) is 9.59 Å². The van der Waals surface area contributed by atoms with E-state index >= 15 is 0 Å². The number of hydrogen-bond acceptors (Lipinski definition) is 5. The molecule has 0 aliphatic rings. The van der Waals surface area contributed by atoms with Gasteiger partial charge in [0.05, 0.1) is 25.4 Å². The second kappa shape index (κ2) is 50.5. The van der Waals surface area contributed by atoms with E-state index in [1.165, 1.54) is 141 Å². The molecule has 0 saturated heterocycles. The predicted molar refractivity (Wildman–Crippen MR) is 264 cm³/mol. The van der Waals surface area contributed by atoms with Gasteiger partial charge in [-0.1, -0.05) is 210 Å². The van der Waals surface area contributed by atoms with E-state index in [9.17, 15) is 19.8 Å². The maximum absolute atomic E-state index is 12.4. The average molecular weight is 856 g/mol. The van der Waals surface area contributed by atoms with Crippen LogP contribution in [0.4, 0.5) is 0 Å². The first-order valence-electron chi connectivity index (χ1n) is 26.4. The summed E-state index contributed by atoms with van der Waals surface area (Å²) in [6.45, 7) is 4.86. The molecule has 0 aliphatic carbocycles. The van der Waals surface area contributed by atoms with E-state index in [0.29, 0.717) is 25.9 Å². The molecular formula is C55H101NO5. The van der Waals surface area contributed by atoms with Crippen LogP contribution in [0.2, 0.25) is 0 Å². The SMILES string of the molecule is CCCCCC/C=C\C/C=C\CCCCCCCC(=O)OCCCCC/C=C\C=C/CCCCCCCCC(=O)NC(CO)C(O)CCCCCCCCCCCCCCC. The number of amides is 1. The van der Waals surface area contributed by atoms with E-state index in [1.54, 1.807) is 0 Å². The summed E-state index contributed by atoms with van der Waals surface area (Å²) < 4.78 is 5.44. The normalized spacial score (nSPS) is 13.0. The van der Waals surface area contributed by atoms with E-state index in [0.717, 1.165) is 89.9 Å². The van der Waals surface area contributed by atoms with Crippen molar-refractivity contribution >= 4 is 11.9 Å². The highest BCUT2D eigenvalue weighted by Gasteiger charge is 2.20. The zero-order chi connectivity index (χ0) is 44.4. The smallest absolute Gasteiger partial charge is 0.305 e. The summed E-state index contributed by atoms with van der Waals surface area (Å²) in [6, 6.07) is -0.559. The fraction of sp³-hybridized carbons (Fsp3) is 0.818. The molecule has 2 unspecified atom stereocenters. The fourth-order valence-electron chi connectivity index (χ4n) is 7.78. The van der Waals surface area contributed by atoms with Crippen LogP contribution < -0.4 is 5.32 Å². The van der Waals surface area contributed by atoms with Gasteiger partial charge >= 0.3 is 5.97 Å². The molecule has 0 bridgehead atoms. The van der Waals surface area contributed by atoms with Crippen LogP contribution in [-0.2, 0) is 14.3 Å². The third-order valence-corrected chi connectivity index (χ3v) is 11.9. The zero-order valence-electron chi connectivity index (χ0n) is 40.4. The number of aliphatic hydroxyl groups is 2. The Balaban J connectivity index is 3.54. The molecule has 0 aromatic rings. The Morgan fingerprint density at radius 3 is 1.36 bits per heavy atom. The Hall–Kier alpha value is -2.18. The van der Waals surface area contributed by atoms with Crippen LogP contribution in [0.5, 0.6) is 0 Å². The standard InChI is InChI=1S/C55H101NO5/c1-3-5-7-9-11-13-15-17-18-21-25-29-33-37-41-45-49-55(60)61-50-46-42-38-34-30-26-22-19-20-24-28-32-36-40-44-48-54(59)56-52(51-57)53(58)47-43-39-35-31-27-23-16-14-12-10-8-6-4-2/h13,15,18-19,21-22,26,30,52-53,57-58H,3-12,14,16-17,20,23-25,27-29,31-51H2,1-2H3,(H,56,59)/b15-13-,21-18-,22-19-,30-26-. The summed E-state index contributed by atoms with van der Waals surface area (Å²) in [7, 11) is 0. The molecule has 0 rings (SSSR count). The van der Waals surface area contributed by atoms with Gasteiger partial charge in [-0.2, -0.15) is 0 Å². The number of unbranched alkanes of at least 4 members (excludes halogenated alkanes) is 30. The van der Waals surface area contributed by atoms with Crippen molar-refractivity contribution in [2.45, 2.75) is 276 Å². The molecule has 356 valence electrons. The van der Waals surface area contributed by atoms with Crippen molar-refractivity contribution in [1.82, 2.24) is 5.32 Å². The lowest BCUT2D eigenvalue weighted by molar-refractivity contribution is -0.143. The van der Waals surface area contributed by atoms with Crippen LogP contribution in [0.3, 0.4) is 0 Å². The van der Waals surface area contributed by atoms with Crippen LogP contribution >= 0.6 is 0 Å². The van der Waals surface area contributed by atoms with Crippen molar-refractivity contribution in [3.05, 3.63) is 48.6 Å². The van der Waals surface area contributed by atoms with Gasteiger partial charge in [-0.15, -0.1) is 0 Å². The Labute approximate surface area is 378 Å². The Bertz CT molecular complexity index is 1040. The molecule has 3 N–H and O–H groups in total. The maximum atomic E-state index is 12.4. The van der Waals surface area contributed by atoms with Gasteiger partial charge in [0.1, 0.15) is 0 Å². The molecule has 0 aliphatic heterocycles. The van der Waals surface area contributed by atoms with Gasteiger partial charge in [-0.25, -0.2) is 0 Å². The van der Waals surface area contributed by atoms with Crippen LogP contribution in [0.15, 0.2) is 48.6 Å². The predicted octanol–water partition coefficient (Wildman–Crippen LogP) is 15.8. The Morgan fingerprint density at radius 1 is 0.475 bits per heavy atom. The van der Waals surface area contributed by atoms with Gasteiger partial charge in [0, 0.05) is 12.8 Å². The topological polar surface area (TPSA) is 95.9 Å². The van der Waals surface area contributed by atoms with E-state index in [1.807, 2.05) is 0 Å². The fourth-order valence-corrected chi connectivity index (χ4v) is 7.78. The van der Waals surface area contributed by atoms with E-state index in [2.05, 4.69) is 67.8 Å². The molecule has 0 heterocycles. The molecule has 0 aromatic heterocycles. The summed E-state index contributed by atoms with van der Waals surface area (Å²) in [6.07, 6.45) is 62.2. The number of esters is 1. The third-order valence-electron chi connectivity index (χ3n) is 11.9. The minimum absolute atomic E-state index is 0.0359. The number of rotatable bonds is 48.